The van der Waals surface area contributed by atoms with Gasteiger partial charge in [0.15, 0.2) is 23.0 Å². The molecule has 7 heteroatoms. The highest BCUT2D eigenvalue weighted by Gasteiger charge is 2.46. The number of nitrogens with zero attached hydrogens (tertiary/aromatic N) is 2. The monoisotopic (exact) mass is 406 g/mol. The third-order valence-corrected chi connectivity index (χ3v) is 5.00. The normalized spacial score (nSPS) is 16.1. The van der Waals surface area contributed by atoms with E-state index in [1.807, 2.05) is 6.07 Å². The van der Waals surface area contributed by atoms with Gasteiger partial charge in [-0.15, -0.1) is 0 Å². The highest BCUT2D eigenvalue weighted by atomic mass is 16.5. The number of hydrogen-bond donors (Lipinski definition) is 1. The van der Waals surface area contributed by atoms with E-state index in [1.54, 1.807) is 56.3 Å². The van der Waals surface area contributed by atoms with Crippen molar-refractivity contribution in [2.45, 2.75) is 19.9 Å². The number of carbonyl (C=O) groups is 2. The maximum absolute atomic E-state index is 13.1. The van der Waals surface area contributed by atoms with Crippen LogP contribution in [0.5, 0.6) is 11.5 Å². The van der Waals surface area contributed by atoms with E-state index in [2.05, 4.69) is 0 Å². The Kier molecular flexibility index (Phi) is 5.79. The number of rotatable bonds is 6. The minimum absolute atomic E-state index is 0.00547. The summed E-state index contributed by atoms with van der Waals surface area (Å²) in [7, 11) is 2.96. The summed E-state index contributed by atoms with van der Waals surface area (Å²) in [6, 6.07) is 12.6. The largest absolute Gasteiger partial charge is 0.503 e. The Morgan fingerprint density at radius 2 is 1.80 bits per heavy atom. The van der Waals surface area contributed by atoms with Crippen LogP contribution in [0.1, 0.15) is 31.0 Å². The first kappa shape index (κ1) is 20.9. The van der Waals surface area contributed by atoms with E-state index in [4.69, 9.17) is 14.7 Å². The molecule has 0 radical (unpaired) electrons. The third kappa shape index (κ3) is 3.37. The molecule has 2 aromatic rings. The number of aliphatic hydroxyl groups is 1. The highest BCUT2D eigenvalue weighted by molar-refractivity contribution is 6.17. The summed E-state index contributed by atoms with van der Waals surface area (Å²) in [6.07, 6.45) is 0. The molecule has 30 heavy (non-hydrogen) atoms. The fourth-order valence-electron chi connectivity index (χ4n) is 3.55. The molecular weight excluding hydrogens is 384 g/mol. The number of nitriles is 1. The molecule has 1 unspecified atom stereocenters. The van der Waals surface area contributed by atoms with E-state index in [1.165, 1.54) is 19.1 Å². The van der Waals surface area contributed by atoms with Crippen LogP contribution in [0.25, 0.3) is 0 Å². The van der Waals surface area contributed by atoms with Crippen LogP contribution in [0, 0.1) is 17.2 Å². The van der Waals surface area contributed by atoms with E-state index in [9.17, 15) is 14.7 Å². The Labute approximate surface area is 174 Å². The van der Waals surface area contributed by atoms with Crippen LogP contribution in [0.3, 0.4) is 0 Å². The number of para-hydroxylation sites is 1. The van der Waals surface area contributed by atoms with E-state index in [0.29, 0.717) is 28.3 Å². The number of hydrogen-bond acceptors (Lipinski definition) is 6. The van der Waals surface area contributed by atoms with Crippen LogP contribution >= 0.6 is 0 Å². The second-order valence-corrected chi connectivity index (χ2v) is 7.10. The van der Waals surface area contributed by atoms with Gasteiger partial charge >= 0.3 is 0 Å². The summed E-state index contributed by atoms with van der Waals surface area (Å²) in [5.41, 5.74) is 1.37. The summed E-state index contributed by atoms with van der Waals surface area (Å²) in [6.45, 7) is 3.41. The zero-order valence-corrected chi connectivity index (χ0v) is 17.2. The molecule has 0 aliphatic carbocycles. The van der Waals surface area contributed by atoms with Gasteiger partial charge in [0.1, 0.15) is 0 Å². The van der Waals surface area contributed by atoms with E-state index < -0.39 is 23.6 Å². The van der Waals surface area contributed by atoms with Crippen LogP contribution < -0.4 is 14.4 Å². The lowest BCUT2D eigenvalue weighted by atomic mass is 9.90. The van der Waals surface area contributed by atoms with E-state index in [-0.39, 0.29) is 11.4 Å². The van der Waals surface area contributed by atoms with Gasteiger partial charge in [-0.25, -0.2) is 0 Å². The lowest BCUT2D eigenvalue weighted by Gasteiger charge is -2.29. The average molecular weight is 406 g/mol. The zero-order valence-electron chi connectivity index (χ0n) is 17.2. The topological polar surface area (TPSA) is 99.9 Å². The zero-order chi connectivity index (χ0) is 22.0. The summed E-state index contributed by atoms with van der Waals surface area (Å²) in [5, 5.41) is 19.7. The van der Waals surface area contributed by atoms with Crippen molar-refractivity contribution in [2.75, 3.05) is 19.1 Å². The van der Waals surface area contributed by atoms with Crippen molar-refractivity contribution in [3.63, 3.8) is 0 Å². The Morgan fingerprint density at radius 3 is 2.33 bits per heavy atom. The molecule has 0 fully saturated rings. The van der Waals surface area contributed by atoms with Crippen molar-refractivity contribution in [3.8, 4) is 17.6 Å². The first-order valence-electron chi connectivity index (χ1n) is 9.37. The van der Waals surface area contributed by atoms with Crippen LogP contribution in [0.15, 0.2) is 53.8 Å². The second kappa shape index (κ2) is 8.29. The Bertz CT molecular complexity index is 1060. The molecule has 1 N–H and O–H groups in total. The molecule has 3 rings (SSSR count). The molecule has 7 nitrogen and oxygen atoms in total. The molecule has 0 aromatic heterocycles. The molecule has 154 valence electrons. The summed E-state index contributed by atoms with van der Waals surface area (Å²) < 4.78 is 10.9. The first-order chi connectivity index (χ1) is 14.3. The lowest BCUT2D eigenvalue weighted by molar-refractivity contribution is -0.119. The summed E-state index contributed by atoms with van der Waals surface area (Å²) in [4.78, 5) is 27.4. The van der Waals surface area contributed by atoms with Gasteiger partial charge in [0.25, 0.3) is 5.91 Å². The molecule has 1 amide bonds. The number of anilines is 1. The molecular formula is C23H22N2O5. The predicted octanol–water partition coefficient (Wildman–Crippen LogP) is 3.70. The van der Waals surface area contributed by atoms with Crippen molar-refractivity contribution in [3.05, 3.63) is 64.9 Å². The van der Waals surface area contributed by atoms with Crippen LogP contribution in [0.4, 0.5) is 5.69 Å². The van der Waals surface area contributed by atoms with Crippen LogP contribution in [-0.4, -0.2) is 31.0 Å². The van der Waals surface area contributed by atoms with Gasteiger partial charge in [0.2, 0.25) is 0 Å². The molecule has 0 bridgehead atoms. The van der Waals surface area contributed by atoms with Gasteiger partial charge in [-0.2, -0.15) is 5.26 Å². The molecule has 1 atom stereocenters. The van der Waals surface area contributed by atoms with Gasteiger partial charge in [0, 0.05) is 17.2 Å². The molecule has 0 spiro atoms. The van der Waals surface area contributed by atoms with Gasteiger partial charge in [-0.3, -0.25) is 14.5 Å². The maximum atomic E-state index is 13.1. The minimum atomic E-state index is -0.912. The fourth-order valence-corrected chi connectivity index (χ4v) is 3.55. The number of benzene rings is 2. The van der Waals surface area contributed by atoms with Crippen LogP contribution in [-0.2, 0) is 9.59 Å². The van der Waals surface area contributed by atoms with Gasteiger partial charge in [0.05, 0.1) is 37.5 Å². The Balaban J connectivity index is 2.27. The molecule has 1 heterocycles. The Morgan fingerprint density at radius 1 is 1.13 bits per heavy atom. The van der Waals surface area contributed by atoms with E-state index in [0.717, 1.165) is 0 Å². The van der Waals surface area contributed by atoms with Gasteiger partial charge < -0.3 is 14.6 Å². The second-order valence-electron chi connectivity index (χ2n) is 7.10. The highest BCUT2D eigenvalue weighted by Crippen LogP contribution is 2.46. The molecule has 1 aliphatic heterocycles. The number of aliphatic hydroxyl groups excluding tert-OH is 1. The van der Waals surface area contributed by atoms with Crippen molar-refractivity contribution >= 4 is 17.4 Å². The molecule has 0 saturated carbocycles. The Hall–Kier alpha value is -3.79. The standard InChI is InChI=1S/C23H22N2O5/c1-13(2)20(26)18-19(16-6-5-7-17(29-3)22(16)30-4)25(23(28)21(18)27)15-10-8-14(12-24)9-11-15/h5-11,13,19,27H,1-4H3. The number of methoxy groups -OCH3 is 2. The first-order valence-corrected chi connectivity index (χ1v) is 9.37. The number of amides is 1. The van der Waals surface area contributed by atoms with Crippen molar-refractivity contribution in [2.24, 2.45) is 5.92 Å². The SMILES string of the molecule is COc1cccc(C2C(C(=O)C(C)C)=C(O)C(=O)N2c2ccc(C#N)cc2)c1OC. The van der Waals surface area contributed by atoms with Gasteiger partial charge in [-0.1, -0.05) is 26.0 Å². The average Bonchev–Trinajstić information content (AvgIpc) is 3.02. The minimum Gasteiger partial charge on any atom is -0.503 e. The van der Waals surface area contributed by atoms with Gasteiger partial charge in [-0.05, 0) is 30.3 Å². The summed E-state index contributed by atoms with van der Waals surface area (Å²) >= 11 is 0. The maximum Gasteiger partial charge on any atom is 0.294 e. The number of ketones is 1. The fraction of sp³-hybridized carbons (Fsp3) is 0.261. The number of ether oxygens (including phenoxy) is 2. The molecule has 0 saturated heterocycles. The number of carbonyl (C=O) groups excluding carboxylic acids is 2. The smallest absolute Gasteiger partial charge is 0.294 e. The van der Waals surface area contributed by atoms with E-state index >= 15 is 0 Å². The molecule has 2 aromatic carbocycles. The quantitative estimate of drug-likeness (QED) is 0.785. The predicted molar refractivity (Wildman–Crippen MR) is 110 cm³/mol. The van der Waals surface area contributed by atoms with Crippen molar-refractivity contribution in [1.82, 2.24) is 0 Å². The molecule has 1 aliphatic rings. The van der Waals surface area contributed by atoms with Crippen molar-refractivity contribution in [1.29, 1.82) is 5.26 Å². The summed E-state index contributed by atoms with van der Waals surface area (Å²) in [5.74, 6) is -1.27. The van der Waals surface area contributed by atoms with Crippen molar-refractivity contribution < 1.29 is 24.2 Å². The third-order valence-electron chi connectivity index (χ3n) is 5.00. The number of Topliss-reactive ketones (excluding diaryl/α,β-unsaturated/α-hetero) is 1. The van der Waals surface area contributed by atoms with Crippen LogP contribution in [0.2, 0.25) is 0 Å². The lowest BCUT2D eigenvalue weighted by Crippen LogP contribution is -2.31.